The van der Waals surface area contributed by atoms with Gasteiger partial charge in [0.2, 0.25) is 0 Å². The Balaban J connectivity index is 2.25. The minimum atomic E-state index is -4.27. The molecule has 0 spiro atoms. The molecule has 0 atom stereocenters. The molecule has 0 aliphatic rings. The summed E-state index contributed by atoms with van der Waals surface area (Å²) in [7, 11) is 0. The minimum absolute atomic E-state index is 0.246. The molecule has 0 aliphatic carbocycles. The van der Waals surface area contributed by atoms with Gasteiger partial charge < -0.3 is 0 Å². The maximum absolute atomic E-state index is 12.1. The molecule has 0 unspecified atom stereocenters. The molecule has 0 amide bonds. The van der Waals surface area contributed by atoms with E-state index < -0.39 is 6.18 Å². The number of halogens is 3. The van der Waals surface area contributed by atoms with E-state index in [1.165, 1.54) is 0 Å². The Kier molecular flexibility index (Phi) is 3.74. The first-order valence-electron chi connectivity index (χ1n) is 5.88. The number of rotatable bonds is 2. The van der Waals surface area contributed by atoms with E-state index in [9.17, 15) is 13.2 Å². The van der Waals surface area contributed by atoms with E-state index in [-0.39, 0.29) is 6.08 Å². The molecular formula is C16H13F3. The second-order valence-electron chi connectivity index (χ2n) is 4.31. The number of hydrogen-bond donors (Lipinski definition) is 0. The number of benzene rings is 2. The van der Waals surface area contributed by atoms with Crippen molar-refractivity contribution >= 4 is 6.08 Å². The summed E-state index contributed by atoms with van der Waals surface area (Å²) in [4.78, 5) is 0. The highest BCUT2D eigenvalue weighted by Gasteiger charge is 2.21. The molecule has 19 heavy (non-hydrogen) atoms. The van der Waals surface area contributed by atoms with Crippen LogP contribution in [0.2, 0.25) is 0 Å². The molecule has 0 radical (unpaired) electrons. The fraction of sp³-hybridized carbons (Fsp3) is 0.125. The molecule has 0 nitrogen and oxygen atoms in total. The molecule has 0 saturated heterocycles. The van der Waals surface area contributed by atoms with Gasteiger partial charge >= 0.3 is 6.18 Å². The first kappa shape index (κ1) is 13.4. The van der Waals surface area contributed by atoms with E-state index in [1.54, 1.807) is 12.1 Å². The monoisotopic (exact) mass is 262 g/mol. The van der Waals surface area contributed by atoms with Crippen molar-refractivity contribution in [2.45, 2.75) is 13.1 Å². The fourth-order valence-corrected chi connectivity index (χ4v) is 1.86. The van der Waals surface area contributed by atoms with Gasteiger partial charge in [-0.15, -0.1) is 0 Å². The summed E-state index contributed by atoms with van der Waals surface area (Å²) >= 11 is 0. The highest BCUT2D eigenvalue weighted by atomic mass is 19.4. The molecule has 0 saturated carbocycles. The minimum Gasteiger partial charge on any atom is -0.167 e. The zero-order valence-corrected chi connectivity index (χ0v) is 10.4. The van der Waals surface area contributed by atoms with Crippen LogP contribution in [0.3, 0.4) is 0 Å². The van der Waals surface area contributed by atoms with E-state index in [0.29, 0.717) is 5.56 Å². The van der Waals surface area contributed by atoms with Gasteiger partial charge in [-0.1, -0.05) is 54.6 Å². The summed E-state index contributed by atoms with van der Waals surface area (Å²) in [5, 5.41) is 0. The van der Waals surface area contributed by atoms with Gasteiger partial charge in [0.1, 0.15) is 0 Å². The fourth-order valence-electron chi connectivity index (χ4n) is 1.86. The molecule has 0 N–H and O–H groups in total. The molecule has 0 fully saturated rings. The smallest absolute Gasteiger partial charge is 0.167 e. The standard InChI is InChI=1S/C16H13F3/c1-12-4-2-3-5-15(12)14-8-6-13(7-9-14)10-11-16(17,18)19/h2-11H,1H3/b11-10+. The topological polar surface area (TPSA) is 0 Å². The highest BCUT2D eigenvalue weighted by Crippen LogP contribution is 2.24. The molecule has 0 aliphatic heterocycles. The van der Waals surface area contributed by atoms with Crippen molar-refractivity contribution in [3.05, 3.63) is 65.7 Å². The predicted octanol–water partition coefficient (Wildman–Crippen LogP) is 5.24. The van der Waals surface area contributed by atoms with Crippen LogP contribution in [0.5, 0.6) is 0 Å². The van der Waals surface area contributed by atoms with Crippen LogP contribution in [-0.2, 0) is 0 Å². The lowest BCUT2D eigenvalue weighted by atomic mass is 9.99. The number of allylic oxidation sites excluding steroid dienone is 1. The molecule has 2 aromatic carbocycles. The summed E-state index contributed by atoms with van der Waals surface area (Å²) in [5.41, 5.74) is 3.77. The maximum Gasteiger partial charge on any atom is 0.409 e. The third-order valence-electron chi connectivity index (χ3n) is 2.83. The van der Waals surface area contributed by atoms with Crippen molar-refractivity contribution in [2.75, 3.05) is 0 Å². The van der Waals surface area contributed by atoms with Gasteiger partial charge in [-0.25, -0.2) is 0 Å². The molecule has 0 aromatic heterocycles. The Morgan fingerprint density at radius 2 is 1.53 bits per heavy atom. The third kappa shape index (κ3) is 3.71. The lowest BCUT2D eigenvalue weighted by Crippen LogP contribution is -2.00. The average Bonchev–Trinajstić information content (AvgIpc) is 2.37. The first-order valence-corrected chi connectivity index (χ1v) is 5.88. The highest BCUT2D eigenvalue weighted by molar-refractivity contribution is 5.68. The quantitative estimate of drug-likeness (QED) is 0.694. The van der Waals surface area contributed by atoms with E-state index in [2.05, 4.69) is 0 Å². The molecule has 3 heteroatoms. The molecule has 98 valence electrons. The summed E-state index contributed by atoms with van der Waals surface area (Å²) < 4.78 is 36.2. The lowest BCUT2D eigenvalue weighted by Gasteiger charge is -2.06. The van der Waals surface area contributed by atoms with Crippen LogP contribution in [-0.4, -0.2) is 6.18 Å². The summed E-state index contributed by atoms with van der Waals surface area (Å²) in [6.07, 6.45) is -2.95. The van der Waals surface area contributed by atoms with Crippen molar-refractivity contribution in [1.82, 2.24) is 0 Å². The maximum atomic E-state index is 12.1. The van der Waals surface area contributed by atoms with Gasteiger partial charge in [0.15, 0.2) is 0 Å². The van der Waals surface area contributed by atoms with Crippen LogP contribution < -0.4 is 0 Å². The largest absolute Gasteiger partial charge is 0.409 e. The van der Waals surface area contributed by atoms with Crippen LogP contribution in [0.15, 0.2) is 54.6 Å². The van der Waals surface area contributed by atoms with Crippen molar-refractivity contribution < 1.29 is 13.2 Å². The van der Waals surface area contributed by atoms with Crippen LogP contribution in [0.25, 0.3) is 17.2 Å². The predicted molar refractivity (Wildman–Crippen MR) is 71.7 cm³/mol. The van der Waals surface area contributed by atoms with Crippen LogP contribution in [0.1, 0.15) is 11.1 Å². The Morgan fingerprint density at radius 3 is 2.11 bits per heavy atom. The Labute approximate surface area is 110 Å². The molecular weight excluding hydrogens is 249 g/mol. The number of alkyl halides is 3. The van der Waals surface area contributed by atoms with Gasteiger partial charge in [0.05, 0.1) is 0 Å². The average molecular weight is 262 g/mol. The zero-order valence-electron chi connectivity index (χ0n) is 10.4. The van der Waals surface area contributed by atoms with Gasteiger partial charge in [-0.3, -0.25) is 0 Å². The Hall–Kier alpha value is -2.03. The molecule has 2 rings (SSSR count). The van der Waals surface area contributed by atoms with Crippen molar-refractivity contribution in [3.8, 4) is 11.1 Å². The molecule has 2 aromatic rings. The molecule has 0 bridgehead atoms. The lowest BCUT2D eigenvalue weighted by molar-refractivity contribution is -0.0790. The van der Waals surface area contributed by atoms with E-state index >= 15 is 0 Å². The van der Waals surface area contributed by atoms with Gasteiger partial charge in [0.25, 0.3) is 0 Å². The molecule has 0 heterocycles. The van der Waals surface area contributed by atoms with E-state index in [4.69, 9.17) is 0 Å². The van der Waals surface area contributed by atoms with E-state index in [1.807, 2.05) is 43.3 Å². The van der Waals surface area contributed by atoms with Crippen LogP contribution in [0.4, 0.5) is 13.2 Å². The Bertz CT molecular complexity index is 578. The third-order valence-corrected chi connectivity index (χ3v) is 2.83. The van der Waals surface area contributed by atoms with Crippen LogP contribution in [0, 0.1) is 6.92 Å². The van der Waals surface area contributed by atoms with E-state index in [0.717, 1.165) is 22.8 Å². The second kappa shape index (κ2) is 5.31. The van der Waals surface area contributed by atoms with Crippen molar-refractivity contribution in [3.63, 3.8) is 0 Å². The number of aryl methyl sites for hydroxylation is 1. The van der Waals surface area contributed by atoms with Gasteiger partial charge in [-0.2, -0.15) is 13.2 Å². The summed E-state index contributed by atoms with van der Waals surface area (Å²) in [6, 6.07) is 14.9. The van der Waals surface area contributed by atoms with Crippen molar-refractivity contribution in [1.29, 1.82) is 0 Å². The Morgan fingerprint density at radius 1 is 0.895 bits per heavy atom. The number of hydrogen-bond acceptors (Lipinski definition) is 0. The first-order chi connectivity index (χ1) is 8.96. The van der Waals surface area contributed by atoms with Gasteiger partial charge in [0, 0.05) is 6.08 Å². The summed E-state index contributed by atoms with van der Waals surface area (Å²) in [5.74, 6) is 0. The van der Waals surface area contributed by atoms with Gasteiger partial charge in [-0.05, 0) is 29.2 Å². The summed E-state index contributed by atoms with van der Waals surface area (Å²) in [6.45, 7) is 2.01. The normalized spacial score (nSPS) is 12.0. The zero-order chi connectivity index (χ0) is 13.9. The second-order valence-corrected chi connectivity index (χ2v) is 4.31. The SMILES string of the molecule is Cc1ccccc1-c1ccc(/C=C/C(F)(F)F)cc1. The van der Waals surface area contributed by atoms with Crippen LogP contribution >= 0.6 is 0 Å². The van der Waals surface area contributed by atoms with Crippen molar-refractivity contribution in [2.24, 2.45) is 0 Å².